The van der Waals surface area contributed by atoms with E-state index in [4.69, 9.17) is 0 Å². The van der Waals surface area contributed by atoms with Gasteiger partial charge in [-0.2, -0.15) is 11.8 Å². The van der Waals surface area contributed by atoms with Crippen LogP contribution >= 0.6 is 11.8 Å². The summed E-state index contributed by atoms with van der Waals surface area (Å²) in [6, 6.07) is 8.52. The van der Waals surface area contributed by atoms with Crippen LogP contribution in [0.4, 0.5) is 0 Å². The Morgan fingerprint density at radius 1 is 1.35 bits per heavy atom. The molecule has 2 rings (SSSR count). The number of hydrogen-bond acceptors (Lipinski definition) is 3. The molecule has 1 atom stereocenters. The van der Waals surface area contributed by atoms with Crippen molar-refractivity contribution in [2.45, 2.75) is 29.4 Å². The van der Waals surface area contributed by atoms with Gasteiger partial charge in [0.25, 0.3) is 0 Å². The number of thioether (sulfide) groups is 1. The standard InChI is InChI=1S/C12H17NO2S2/c1-12(8-5-9-16-12)10-13-17(14,15)11-6-3-2-4-7-11/h2-4,6-7,13H,5,8-10H2,1H3. The molecule has 1 heterocycles. The van der Waals surface area contributed by atoms with Crippen LogP contribution in [0.5, 0.6) is 0 Å². The van der Waals surface area contributed by atoms with Crippen molar-refractivity contribution in [1.29, 1.82) is 0 Å². The van der Waals surface area contributed by atoms with Gasteiger partial charge in [0.1, 0.15) is 0 Å². The summed E-state index contributed by atoms with van der Waals surface area (Å²) in [7, 11) is -3.35. The van der Waals surface area contributed by atoms with Crippen molar-refractivity contribution in [3.63, 3.8) is 0 Å². The van der Waals surface area contributed by atoms with Gasteiger partial charge in [0.2, 0.25) is 10.0 Å². The van der Waals surface area contributed by atoms with E-state index in [1.54, 1.807) is 24.3 Å². The molecule has 17 heavy (non-hydrogen) atoms. The Bertz CT molecular complexity index is 465. The lowest BCUT2D eigenvalue weighted by Gasteiger charge is -2.22. The Hall–Kier alpha value is -0.520. The highest BCUT2D eigenvalue weighted by molar-refractivity contribution is 8.01. The number of benzene rings is 1. The van der Waals surface area contributed by atoms with Crippen LogP contribution in [-0.2, 0) is 10.0 Å². The van der Waals surface area contributed by atoms with E-state index in [2.05, 4.69) is 11.6 Å². The highest BCUT2D eigenvalue weighted by atomic mass is 32.2. The van der Waals surface area contributed by atoms with Crippen molar-refractivity contribution in [2.24, 2.45) is 0 Å². The molecule has 94 valence electrons. The van der Waals surface area contributed by atoms with Crippen molar-refractivity contribution in [3.8, 4) is 0 Å². The second-order valence-electron chi connectivity index (χ2n) is 4.54. The molecule has 5 heteroatoms. The van der Waals surface area contributed by atoms with Gasteiger partial charge >= 0.3 is 0 Å². The van der Waals surface area contributed by atoms with Crippen LogP contribution in [0.1, 0.15) is 19.8 Å². The number of rotatable bonds is 4. The lowest BCUT2D eigenvalue weighted by Crippen LogP contribution is -2.36. The fourth-order valence-electron chi connectivity index (χ4n) is 1.91. The van der Waals surface area contributed by atoms with E-state index in [0.29, 0.717) is 11.4 Å². The Morgan fingerprint density at radius 2 is 2.06 bits per heavy atom. The minimum Gasteiger partial charge on any atom is -0.210 e. The van der Waals surface area contributed by atoms with Crippen LogP contribution in [0.2, 0.25) is 0 Å². The zero-order chi connectivity index (χ0) is 12.4. The van der Waals surface area contributed by atoms with Crippen molar-refractivity contribution < 1.29 is 8.42 Å². The number of nitrogens with one attached hydrogen (secondary N) is 1. The van der Waals surface area contributed by atoms with Crippen molar-refractivity contribution in [3.05, 3.63) is 30.3 Å². The largest absolute Gasteiger partial charge is 0.240 e. The molecule has 1 fully saturated rings. The maximum absolute atomic E-state index is 12.0. The highest BCUT2D eigenvalue weighted by Crippen LogP contribution is 2.37. The van der Waals surface area contributed by atoms with Gasteiger partial charge in [-0.15, -0.1) is 0 Å². The Balaban J connectivity index is 2.04. The first-order valence-electron chi connectivity index (χ1n) is 5.71. The molecule has 1 N–H and O–H groups in total. The van der Waals surface area contributed by atoms with Crippen LogP contribution in [0.15, 0.2) is 35.2 Å². The van der Waals surface area contributed by atoms with Crippen LogP contribution in [0.3, 0.4) is 0 Å². The van der Waals surface area contributed by atoms with Gasteiger partial charge in [0, 0.05) is 11.3 Å². The van der Waals surface area contributed by atoms with Crippen LogP contribution in [0.25, 0.3) is 0 Å². The summed E-state index contributed by atoms with van der Waals surface area (Å²) in [6.45, 7) is 2.63. The second-order valence-corrected chi connectivity index (χ2v) is 7.99. The molecule has 1 aliphatic rings. The molecule has 0 aromatic heterocycles. The van der Waals surface area contributed by atoms with Gasteiger partial charge in [-0.25, -0.2) is 13.1 Å². The molecule has 1 saturated heterocycles. The molecule has 0 aliphatic carbocycles. The summed E-state index contributed by atoms with van der Waals surface area (Å²) in [5.74, 6) is 1.13. The third-order valence-corrected chi connectivity index (χ3v) is 5.95. The van der Waals surface area contributed by atoms with Gasteiger partial charge in [0.05, 0.1) is 4.90 Å². The predicted octanol–water partition coefficient (Wildman–Crippen LogP) is 2.25. The maximum atomic E-state index is 12.0. The molecule has 0 radical (unpaired) electrons. The van der Waals surface area contributed by atoms with E-state index in [0.717, 1.165) is 12.2 Å². The predicted molar refractivity (Wildman–Crippen MR) is 71.7 cm³/mol. The zero-order valence-electron chi connectivity index (χ0n) is 9.85. The van der Waals surface area contributed by atoms with Gasteiger partial charge in [-0.1, -0.05) is 18.2 Å². The Morgan fingerprint density at radius 3 is 2.65 bits per heavy atom. The summed E-state index contributed by atoms with van der Waals surface area (Å²) in [6.07, 6.45) is 2.25. The fourth-order valence-corrected chi connectivity index (χ4v) is 4.43. The van der Waals surface area contributed by atoms with Crippen molar-refractivity contribution in [2.75, 3.05) is 12.3 Å². The van der Waals surface area contributed by atoms with Crippen molar-refractivity contribution in [1.82, 2.24) is 4.72 Å². The van der Waals surface area contributed by atoms with Gasteiger partial charge in [-0.3, -0.25) is 0 Å². The number of hydrogen-bond donors (Lipinski definition) is 1. The monoisotopic (exact) mass is 271 g/mol. The third kappa shape index (κ3) is 3.24. The van der Waals surface area contributed by atoms with E-state index in [9.17, 15) is 8.42 Å². The molecule has 0 bridgehead atoms. The average Bonchev–Trinajstić information content (AvgIpc) is 2.76. The highest BCUT2D eigenvalue weighted by Gasteiger charge is 2.30. The van der Waals surface area contributed by atoms with Crippen molar-refractivity contribution >= 4 is 21.8 Å². The molecular formula is C12H17NO2S2. The molecule has 3 nitrogen and oxygen atoms in total. The van der Waals surface area contributed by atoms with Gasteiger partial charge in [0.15, 0.2) is 0 Å². The van der Waals surface area contributed by atoms with E-state index in [-0.39, 0.29) is 4.75 Å². The molecular weight excluding hydrogens is 254 g/mol. The summed E-state index contributed by atoms with van der Waals surface area (Å²) in [5, 5.41) is 0. The van der Waals surface area contributed by atoms with Crippen LogP contribution < -0.4 is 4.72 Å². The Labute approximate surface area is 107 Å². The number of sulfonamides is 1. The second kappa shape index (κ2) is 5.00. The SMILES string of the molecule is CC1(CNS(=O)(=O)c2ccccc2)CCCS1. The summed E-state index contributed by atoms with van der Waals surface area (Å²) in [5.41, 5.74) is 0. The van der Waals surface area contributed by atoms with E-state index >= 15 is 0 Å². The maximum Gasteiger partial charge on any atom is 0.240 e. The minimum absolute atomic E-state index is 0.0574. The van der Waals surface area contributed by atoms with Crippen LogP contribution in [-0.4, -0.2) is 25.5 Å². The molecule has 1 aromatic rings. The Kier molecular flexibility index (Phi) is 3.80. The van der Waals surface area contributed by atoms with E-state index in [1.165, 1.54) is 6.42 Å². The summed E-state index contributed by atoms with van der Waals surface area (Å²) in [4.78, 5) is 0.339. The molecule has 0 amide bonds. The minimum atomic E-state index is -3.35. The molecule has 1 aliphatic heterocycles. The molecule has 1 aromatic carbocycles. The zero-order valence-corrected chi connectivity index (χ0v) is 11.5. The average molecular weight is 271 g/mol. The molecule has 1 unspecified atom stereocenters. The first kappa shape index (κ1) is 12.9. The first-order valence-corrected chi connectivity index (χ1v) is 8.17. The van der Waals surface area contributed by atoms with Gasteiger partial charge < -0.3 is 0 Å². The first-order chi connectivity index (χ1) is 8.02. The lowest BCUT2D eigenvalue weighted by molar-refractivity contribution is 0.552. The van der Waals surface area contributed by atoms with Gasteiger partial charge in [-0.05, 0) is 37.7 Å². The third-order valence-electron chi connectivity index (χ3n) is 2.99. The van der Waals surface area contributed by atoms with E-state index < -0.39 is 10.0 Å². The summed E-state index contributed by atoms with van der Waals surface area (Å²) < 4.78 is 26.8. The van der Waals surface area contributed by atoms with E-state index in [1.807, 2.05) is 17.8 Å². The van der Waals surface area contributed by atoms with Crippen LogP contribution in [0, 0.1) is 0 Å². The quantitative estimate of drug-likeness (QED) is 0.913. The lowest BCUT2D eigenvalue weighted by atomic mass is 10.1. The molecule has 0 saturated carbocycles. The molecule has 0 spiro atoms. The topological polar surface area (TPSA) is 46.2 Å². The summed E-state index contributed by atoms with van der Waals surface area (Å²) >= 11 is 1.85. The fraction of sp³-hybridized carbons (Fsp3) is 0.500. The smallest absolute Gasteiger partial charge is 0.210 e. The normalized spacial score (nSPS) is 25.0.